The molecule has 0 atom stereocenters. The van der Waals surface area contributed by atoms with Crippen molar-refractivity contribution in [3.8, 4) is 0 Å². The molecule has 19 heavy (non-hydrogen) atoms. The van der Waals surface area contributed by atoms with E-state index in [0.29, 0.717) is 15.8 Å². The van der Waals surface area contributed by atoms with Gasteiger partial charge in [0.2, 0.25) is 0 Å². The average Bonchev–Trinajstić information content (AvgIpc) is 2.33. The zero-order valence-corrected chi connectivity index (χ0v) is 13.6. The van der Waals surface area contributed by atoms with Gasteiger partial charge in [0.15, 0.2) is 0 Å². The van der Waals surface area contributed by atoms with Crippen LogP contribution in [0.5, 0.6) is 0 Å². The van der Waals surface area contributed by atoms with Crippen molar-refractivity contribution in [1.82, 2.24) is 0 Å². The summed E-state index contributed by atoms with van der Waals surface area (Å²) >= 11 is 6.61. The first kappa shape index (κ1) is 14.4. The molecule has 0 bridgehead atoms. The third-order valence-corrected chi connectivity index (χ3v) is 4.86. The Balaban J connectivity index is 2.36. The summed E-state index contributed by atoms with van der Waals surface area (Å²) in [6, 6.07) is 11.3. The lowest BCUT2D eigenvalue weighted by Crippen LogP contribution is -2.13. The Morgan fingerprint density at radius 2 is 1.79 bits per heavy atom. The van der Waals surface area contributed by atoms with E-state index in [9.17, 15) is 8.42 Å². The quantitative estimate of drug-likeness (QED) is 0.766. The molecule has 7 heteroatoms. The maximum atomic E-state index is 12.2. The normalized spacial score (nSPS) is 11.3. The van der Waals surface area contributed by atoms with Crippen molar-refractivity contribution in [2.24, 2.45) is 0 Å². The second-order valence-electron chi connectivity index (χ2n) is 3.80. The molecule has 3 N–H and O–H groups in total. The highest BCUT2D eigenvalue weighted by Gasteiger charge is 2.15. The summed E-state index contributed by atoms with van der Waals surface area (Å²) in [6.45, 7) is 0. The van der Waals surface area contributed by atoms with Crippen LogP contribution in [-0.2, 0) is 10.0 Å². The van der Waals surface area contributed by atoms with Gasteiger partial charge >= 0.3 is 0 Å². The largest absolute Gasteiger partial charge is 0.399 e. The number of nitrogens with one attached hydrogen (secondary N) is 1. The lowest BCUT2D eigenvalue weighted by molar-refractivity contribution is 0.601. The Morgan fingerprint density at radius 1 is 1.05 bits per heavy atom. The van der Waals surface area contributed by atoms with Crippen molar-refractivity contribution in [2.45, 2.75) is 4.90 Å². The molecular weight excluding hydrogens is 396 g/mol. The van der Waals surface area contributed by atoms with Crippen LogP contribution in [0.4, 0.5) is 11.4 Å². The van der Waals surface area contributed by atoms with E-state index < -0.39 is 10.0 Å². The predicted octanol–water partition coefficient (Wildman–Crippen LogP) is 3.59. The molecule has 0 saturated heterocycles. The van der Waals surface area contributed by atoms with Crippen molar-refractivity contribution in [2.75, 3.05) is 10.5 Å². The van der Waals surface area contributed by atoms with Crippen molar-refractivity contribution in [1.29, 1.82) is 0 Å². The van der Waals surface area contributed by atoms with E-state index in [-0.39, 0.29) is 4.90 Å². The number of anilines is 2. The van der Waals surface area contributed by atoms with Crippen molar-refractivity contribution >= 4 is 53.3 Å². The van der Waals surface area contributed by atoms with Gasteiger partial charge in [0.1, 0.15) is 0 Å². The van der Waals surface area contributed by atoms with Gasteiger partial charge in [0.25, 0.3) is 10.0 Å². The van der Waals surface area contributed by atoms with E-state index in [4.69, 9.17) is 5.73 Å². The average molecular weight is 406 g/mol. The van der Waals surface area contributed by atoms with Gasteiger partial charge in [0, 0.05) is 14.6 Å². The van der Waals surface area contributed by atoms with E-state index in [2.05, 4.69) is 36.6 Å². The highest BCUT2D eigenvalue weighted by Crippen LogP contribution is 2.28. The molecule has 0 heterocycles. The molecule has 2 aromatic rings. The number of hydrogen-bond donors (Lipinski definition) is 2. The number of hydrogen-bond acceptors (Lipinski definition) is 3. The van der Waals surface area contributed by atoms with Crippen LogP contribution in [0.3, 0.4) is 0 Å². The highest BCUT2D eigenvalue weighted by molar-refractivity contribution is 9.11. The van der Waals surface area contributed by atoms with Gasteiger partial charge in [-0.05, 0) is 52.3 Å². The summed E-state index contributed by atoms with van der Waals surface area (Å²) < 4.78 is 28.4. The summed E-state index contributed by atoms with van der Waals surface area (Å²) in [7, 11) is -3.65. The zero-order chi connectivity index (χ0) is 14.0. The molecule has 0 radical (unpaired) electrons. The SMILES string of the molecule is Nc1cccc(S(=O)(=O)Nc2ccc(Br)cc2Br)c1. The Kier molecular flexibility index (Phi) is 4.17. The molecule has 0 spiro atoms. The van der Waals surface area contributed by atoms with Crippen molar-refractivity contribution < 1.29 is 8.42 Å². The minimum absolute atomic E-state index is 0.127. The van der Waals surface area contributed by atoms with Crippen LogP contribution in [0.1, 0.15) is 0 Å². The molecular formula is C12H10Br2N2O2S. The zero-order valence-electron chi connectivity index (χ0n) is 9.60. The molecule has 0 aliphatic rings. The Labute approximate surface area is 128 Å². The molecule has 0 fully saturated rings. The van der Waals surface area contributed by atoms with Crippen LogP contribution in [0.2, 0.25) is 0 Å². The Bertz CT molecular complexity index is 717. The van der Waals surface area contributed by atoms with Crippen LogP contribution >= 0.6 is 31.9 Å². The molecule has 0 unspecified atom stereocenters. The molecule has 0 aliphatic heterocycles. The fourth-order valence-electron chi connectivity index (χ4n) is 1.46. The summed E-state index contributed by atoms with van der Waals surface area (Å²) in [6.07, 6.45) is 0. The molecule has 0 aliphatic carbocycles. The lowest BCUT2D eigenvalue weighted by atomic mass is 10.3. The van der Waals surface area contributed by atoms with Crippen molar-refractivity contribution in [3.63, 3.8) is 0 Å². The summed E-state index contributed by atoms with van der Waals surface area (Å²) in [5, 5.41) is 0. The topological polar surface area (TPSA) is 72.2 Å². The fraction of sp³-hybridized carbons (Fsp3) is 0. The van der Waals surface area contributed by atoms with Gasteiger partial charge in [-0.3, -0.25) is 4.72 Å². The van der Waals surface area contributed by atoms with Crippen LogP contribution in [0.25, 0.3) is 0 Å². The monoisotopic (exact) mass is 404 g/mol. The minimum Gasteiger partial charge on any atom is -0.399 e. The number of nitrogens with two attached hydrogens (primary N) is 1. The lowest BCUT2D eigenvalue weighted by Gasteiger charge is -2.10. The van der Waals surface area contributed by atoms with Gasteiger partial charge in [0.05, 0.1) is 10.6 Å². The number of sulfonamides is 1. The fourth-order valence-corrected chi connectivity index (χ4v) is 3.87. The summed E-state index contributed by atoms with van der Waals surface area (Å²) in [5.41, 5.74) is 6.45. The van der Waals surface area contributed by atoms with E-state index in [1.807, 2.05) is 0 Å². The van der Waals surface area contributed by atoms with Gasteiger partial charge in [-0.15, -0.1) is 0 Å². The first-order chi connectivity index (χ1) is 8.88. The van der Waals surface area contributed by atoms with E-state index in [0.717, 1.165) is 4.47 Å². The molecule has 0 aromatic heterocycles. The van der Waals surface area contributed by atoms with Crippen LogP contribution in [0, 0.1) is 0 Å². The standard InChI is InChI=1S/C12H10Br2N2O2S/c13-8-4-5-12(11(14)6-8)16-19(17,18)10-3-1-2-9(15)7-10/h1-7,16H,15H2. The highest BCUT2D eigenvalue weighted by atomic mass is 79.9. The van der Waals surface area contributed by atoms with Gasteiger partial charge < -0.3 is 5.73 Å². The van der Waals surface area contributed by atoms with E-state index in [1.165, 1.54) is 12.1 Å². The maximum absolute atomic E-state index is 12.2. The second-order valence-corrected chi connectivity index (χ2v) is 7.25. The molecule has 0 saturated carbocycles. The molecule has 100 valence electrons. The summed E-state index contributed by atoms with van der Waals surface area (Å²) in [4.78, 5) is 0.127. The van der Waals surface area contributed by atoms with Gasteiger partial charge in [-0.1, -0.05) is 22.0 Å². The molecule has 2 aromatic carbocycles. The molecule has 0 amide bonds. The maximum Gasteiger partial charge on any atom is 0.262 e. The van der Waals surface area contributed by atoms with Gasteiger partial charge in [-0.2, -0.15) is 0 Å². The van der Waals surface area contributed by atoms with Crippen LogP contribution in [0.15, 0.2) is 56.3 Å². The number of benzene rings is 2. The van der Waals surface area contributed by atoms with E-state index >= 15 is 0 Å². The van der Waals surface area contributed by atoms with Gasteiger partial charge in [-0.25, -0.2) is 8.42 Å². The van der Waals surface area contributed by atoms with Crippen LogP contribution < -0.4 is 10.5 Å². The second kappa shape index (κ2) is 5.52. The summed E-state index contributed by atoms with van der Waals surface area (Å²) in [5.74, 6) is 0. The number of halogens is 2. The van der Waals surface area contributed by atoms with E-state index in [1.54, 1.807) is 30.3 Å². The molecule has 2 rings (SSSR count). The Hall–Kier alpha value is -1.05. The third-order valence-electron chi connectivity index (χ3n) is 2.34. The van der Waals surface area contributed by atoms with Crippen molar-refractivity contribution in [3.05, 3.63) is 51.4 Å². The first-order valence-corrected chi connectivity index (χ1v) is 8.29. The third kappa shape index (κ3) is 3.49. The minimum atomic E-state index is -3.65. The van der Waals surface area contributed by atoms with Crippen LogP contribution in [-0.4, -0.2) is 8.42 Å². The Morgan fingerprint density at radius 3 is 2.42 bits per heavy atom. The number of nitrogen functional groups attached to an aromatic ring is 1. The predicted molar refractivity (Wildman–Crippen MR) is 83.5 cm³/mol. The first-order valence-electron chi connectivity index (χ1n) is 5.22. The smallest absolute Gasteiger partial charge is 0.262 e. The molecule has 4 nitrogen and oxygen atoms in total. The number of rotatable bonds is 3.